The van der Waals surface area contributed by atoms with E-state index in [1.165, 1.54) is 11.5 Å². The van der Waals surface area contributed by atoms with Crippen LogP contribution in [-0.4, -0.2) is 16.1 Å². The van der Waals surface area contributed by atoms with Crippen molar-refractivity contribution in [3.8, 4) is 0 Å². The Balaban J connectivity index is 2.16. The monoisotopic (exact) mass is 267 g/mol. The predicted molar refractivity (Wildman–Crippen MR) is 71.5 cm³/mol. The van der Waals surface area contributed by atoms with Crippen molar-refractivity contribution in [2.24, 2.45) is 0 Å². The summed E-state index contributed by atoms with van der Waals surface area (Å²) < 4.78 is 3.91. The van der Waals surface area contributed by atoms with Gasteiger partial charge in [-0.3, -0.25) is 0 Å². The van der Waals surface area contributed by atoms with Gasteiger partial charge in [-0.25, -0.2) is 0 Å². The SMILES string of the molecule is CCNC(Cc1ccccc1Cl)c1cnns1. The summed E-state index contributed by atoms with van der Waals surface area (Å²) in [5.41, 5.74) is 1.15. The summed E-state index contributed by atoms with van der Waals surface area (Å²) in [6, 6.07) is 8.17. The second-order valence-corrected chi connectivity index (χ2v) is 4.95. The molecule has 1 unspecified atom stereocenters. The fraction of sp³-hybridized carbons (Fsp3) is 0.333. The molecule has 0 radical (unpaired) electrons. The van der Waals surface area contributed by atoms with Crippen LogP contribution >= 0.6 is 23.1 Å². The van der Waals surface area contributed by atoms with Crippen LogP contribution in [0.4, 0.5) is 0 Å². The van der Waals surface area contributed by atoms with Gasteiger partial charge >= 0.3 is 0 Å². The number of aromatic nitrogens is 2. The van der Waals surface area contributed by atoms with Crippen LogP contribution in [0.1, 0.15) is 23.4 Å². The average Bonchev–Trinajstić information content (AvgIpc) is 2.85. The van der Waals surface area contributed by atoms with E-state index in [-0.39, 0.29) is 6.04 Å². The van der Waals surface area contributed by atoms with E-state index in [1.807, 2.05) is 24.4 Å². The van der Waals surface area contributed by atoms with Gasteiger partial charge in [-0.2, -0.15) is 0 Å². The summed E-state index contributed by atoms with van der Waals surface area (Å²) in [7, 11) is 0. The Morgan fingerprint density at radius 2 is 2.24 bits per heavy atom. The number of likely N-dealkylation sites (N-methyl/N-ethyl adjacent to an activating group) is 1. The topological polar surface area (TPSA) is 37.8 Å². The minimum Gasteiger partial charge on any atom is -0.309 e. The Morgan fingerprint density at radius 3 is 2.88 bits per heavy atom. The first-order valence-electron chi connectivity index (χ1n) is 5.55. The molecule has 1 aromatic heterocycles. The Hall–Kier alpha value is -0.970. The predicted octanol–water partition coefficient (Wildman–Crippen LogP) is 3.08. The molecule has 2 rings (SSSR count). The van der Waals surface area contributed by atoms with E-state index in [2.05, 4.69) is 27.9 Å². The highest BCUT2D eigenvalue weighted by atomic mass is 35.5. The third-order valence-corrected chi connectivity index (χ3v) is 3.70. The van der Waals surface area contributed by atoms with Gasteiger partial charge in [-0.1, -0.05) is 41.2 Å². The van der Waals surface area contributed by atoms with Crippen LogP contribution in [0, 0.1) is 0 Å². The number of benzene rings is 1. The van der Waals surface area contributed by atoms with E-state index >= 15 is 0 Å². The minimum absolute atomic E-state index is 0.236. The largest absolute Gasteiger partial charge is 0.309 e. The summed E-state index contributed by atoms with van der Waals surface area (Å²) >= 11 is 7.60. The second kappa shape index (κ2) is 6.10. The van der Waals surface area contributed by atoms with Gasteiger partial charge in [0.2, 0.25) is 0 Å². The number of hydrogen-bond donors (Lipinski definition) is 1. The van der Waals surface area contributed by atoms with Crippen molar-refractivity contribution in [3.63, 3.8) is 0 Å². The van der Waals surface area contributed by atoms with Crippen molar-refractivity contribution in [3.05, 3.63) is 45.9 Å². The molecule has 0 saturated carbocycles. The first-order valence-corrected chi connectivity index (χ1v) is 6.70. The molecule has 1 aromatic carbocycles. The molecule has 5 heteroatoms. The average molecular weight is 268 g/mol. The fourth-order valence-corrected chi connectivity index (χ4v) is 2.52. The molecule has 1 N–H and O–H groups in total. The summed E-state index contributed by atoms with van der Waals surface area (Å²) in [5, 5.41) is 8.13. The van der Waals surface area contributed by atoms with E-state index in [4.69, 9.17) is 11.6 Å². The van der Waals surface area contributed by atoms with Gasteiger partial charge in [0.25, 0.3) is 0 Å². The van der Waals surface area contributed by atoms with Crippen molar-refractivity contribution in [1.82, 2.24) is 14.9 Å². The second-order valence-electron chi connectivity index (χ2n) is 3.73. The Bertz CT molecular complexity index is 459. The molecule has 1 heterocycles. The summed E-state index contributed by atoms with van der Waals surface area (Å²) in [6.45, 7) is 3.00. The van der Waals surface area contributed by atoms with Crippen LogP contribution in [0.2, 0.25) is 5.02 Å². The van der Waals surface area contributed by atoms with Gasteiger partial charge in [0, 0.05) is 11.1 Å². The zero-order chi connectivity index (χ0) is 12.1. The molecule has 0 aliphatic carbocycles. The van der Waals surface area contributed by atoms with Crippen molar-refractivity contribution in [2.45, 2.75) is 19.4 Å². The van der Waals surface area contributed by atoms with E-state index in [0.717, 1.165) is 28.4 Å². The lowest BCUT2D eigenvalue weighted by Crippen LogP contribution is -2.22. The van der Waals surface area contributed by atoms with Gasteiger partial charge in [0.05, 0.1) is 11.1 Å². The maximum atomic E-state index is 6.17. The zero-order valence-electron chi connectivity index (χ0n) is 9.56. The van der Waals surface area contributed by atoms with E-state index < -0.39 is 0 Å². The Morgan fingerprint density at radius 1 is 1.41 bits per heavy atom. The Labute approximate surface area is 110 Å². The third kappa shape index (κ3) is 3.25. The van der Waals surface area contributed by atoms with Crippen LogP contribution in [0.5, 0.6) is 0 Å². The fourth-order valence-electron chi connectivity index (χ4n) is 1.73. The lowest BCUT2D eigenvalue weighted by atomic mass is 10.1. The summed E-state index contributed by atoms with van der Waals surface area (Å²) in [4.78, 5) is 1.15. The molecule has 1 atom stereocenters. The molecular weight excluding hydrogens is 254 g/mol. The van der Waals surface area contributed by atoms with Crippen molar-refractivity contribution in [2.75, 3.05) is 6.54 Å². The molecule has 0 aliphatic heterocycles. The van der Waals surface area contributed by atoms with E-state index in [9.17, 15) is 0 Å². The molecule has 0 aliphatic rings. The van der Waals surface area contributed by atoms with Crippen LogP contribution in [0.25, 0.3) is 0 Å². The smallest absolute Gasteiger partial charge is 0.0669 e. The minimum atomic E-state index is 0.236. The number of hydrogen-bond acceptors (Lipinski definition) is 4. The lowest BCUT2D eigenvalue weighted by molar-refractivity contribution is 0.557. The highest BCUT2D eigenvalue weighted by Gasteiger charge is 2.14. The highest BCUT2D eigenvalue weighted by Crippen LogP contribution is 2.24. The Kier molecular flexibility index (Phi) is 4.48. The first kappa shape index (κ1) is 12.5. The van der Waals surface area contributed by atoms with Crippen LogP contribution in [-0.2, 0) is 6.42 Å². The number of nitrogens with one attached hydrogen (secondary N) is 1. The summed E-state index contributed by atoms with van der Waals surface area (Å²) in [6.07, 6.45) is 2.67. The molecule has 3 nitrogen and oxygen atoms in total. The molecule has 90 valence electrons. The highest BCUT2D eigenvalue weighted by molar-refractivity contribution is 7.05. The van der Waals surface area contributed by atoms with E-state index in [0.29, 0.717) is 0 Å². The standard InChI is InChI=1S/C12H14ClN3S/c1-2-14-11(12-8-15-16-17-12)7-9-5-3-4-6-10(9)13/h3-6,8,11,14H,2,7H2,1H3. The molecule has 0 saturated heterocycles. The molecule has 2 aromatic rings. The van der Waals surface area contributed by atoms with Crippen LogP contribution in [0.15, 0.2) is 30.5 Å². The van der Waals surface area contributed by atoms with E-state index in [1.54, 1.807) is 0 Å². The maximum Gasteiger partial charge on any atom is 0.0669 e. The van der Waals surface area contributed by atoms with Crippen LogP contribution < -0.4 is 5.32 Å². The zero-order valence-corrected chi connectivity index (χ0v) is 11.1. The van der Waals surface area contributed by atoms with Gasteiger partial charge in [0.15, 0.2) is 0 Å². The molecular formula is C12H14ClN3S. The van der Waals surface area contributed by atoms with Crippen molar-refractivity contribution in [1.29, 1.82) is 0 Å². The molecule has 0 bridgehead atoms. The normalized spacial score (nSPS) is 12.6. The lowest BCUT2D eigenvalue weighted by Gasteiger charge is -2.16. The molecule has 0 fully saturated rings. The quantitative estimate of drug-likeness (QED) is 0.905. The number of halogens is 1. The van der Waals surface area contributed by atoms with Crippen LogP contribution in [0.3, 0.4) is 0 Å². The number of rotatable bonds is 5. The third-order valence-electron chi connectivity index (χ3n) is 2.55. The van der Waals surface area contributed by atoms with Crippen molar-refractivity contribution < 1.29 is 0 Å². The number of nitrogens with zero attached hydrogens (tertiary/aromatic N) is 2. The van der Waals surface area contributed by atoms with Gasteiger partial charge < -0.3 is 5.32 Å². The molecule has 17 heavy (non-hydrogen) atoms. The van der Waals surface area contributed by atoms with Gasteiger partial charge in [0.1, 0.15) is 0 Å². The first-order chi connectivity index (χ1) is 8.31. The molecule has 0 amide bonds. The molecule has 0 spiro atoms. The summed E-state index contributed by atoms with van der Waals surface area (Å²) in [5.74, 6) is 0. The van der Waals surface area contributed by atoms with Gasteiger partial charge in [-0.05, 0) is 36.1 Å². The van der Waals surface area contributed by atoms with Gasteiger partial charge in [-0.15, -0.1) is 5.10 Å². The maximum absolute atomic E-state index is 6.17. The van der Waals surface area contributed by atoms with Crippen molar-refractivity contribution >= 4 is 23.1 Å².